The van der Waals surface area contributed by atoms with Gasteiger partial charge in [0.1, 0.15) is 4.90 Å². The summed E-state index contributed by atoms with van der Waals surface area (Å²) in [5, 5.41) is 23.3. The van der Waals surface area contributed by atoms with Gasteiger partial charge >= 0.3 is 10.1 Å². The van der Waals surface area contributed by atoms with Crippen LogP contribution in [-0.4, -0.2) is 13.3 Å². The van der Waals surface area contributed by atoms with Crippen LogP contribution < -0.4 is 0 Å². The molecule has 0 saturated heterocycles. The van der Waals surface area contributed by atoms with Gasteiger partial charge < -0.3 is 5.21 Å². The molecule has 0 radical (unpaired) electrons. The molecule has 2 rings (SSSR count). The quantitative estimate of drug-likeness (QED) is 0.476. The van der Waals surface area contributed by atoms with E-state index >= 15 is 0 Å². The summed E-state index contributed by atoms with van der Waals surface area (Å²) in [5.41, 5.74) is 2.03. The fourth-order valence-corrected chi connectivity index (χ4v) is 2.42. The molecule has 0 aliphatic carbocycles. The molecular formula is C15H13N3O4S. The average Bonchev–Trinajstić information content (AvgIpc) is 2.55. The van der Waals surface area contributed by atoms with Crippen molar-refractivity contribution in [2.45, 2.75) is 18.4 Å². The van der Waals surface area contributed by atoms with Crippen LogP contribution in [0.25, 0.3) is 0 Å². The summed E-state index contributed by atoms with van der Waals surface area (Å²) in [5.74, 6) is 0. The van der Waals surface area contributed by atoms with E-state index in [0.29, 0.717) is 11.1 Å². The number of nitriles is 1. The summed E-state index contributed by atoms with van der Waals surface area (Å²) < 4.78 is 28.1. The van der Waals surface area contributed by atoms with Crippen molar-refractivity contribution in [1.29, 1.82) is 5.26 Å². The van der Waals surface area contributed by atoms with Gasteiger partial charge in [0.2, 0.25) is 11.8 Å². The van der Waals surface area contributed by atoms with Crippen LogP contribution in [-0.2, 0) is 20.9 Å². The van der Waals surface area contributed by atoms with E-state index in [4.69, 9.17) is 5.26 Å². The van der Waals surface area contributed by atoms with Crippen LogP contribution in [0.4, 0.5) is 0 Å². The smallest absolute Gasteiger partial charge is 0.363 e. The van der Waals surface area contributed by atoms with E-state index in [-0.39, 0.29) is 16.3 Å². The van der Waals surface area contributed by atoms with Gasteiger partial charge in [0, 0.05) is 5.56 Å². The number of benzene rings is 2. The maximum atomic E-state index is 11.9. The molecule has 0 unspecified atom stereocenters. The number of hydrogen-bond donors (Lipinski definition) is 0. The van der Waals surface area contributed by atoms with Crippen LogP contribution in [0.5, 0.6) is 0 Å². The van der Waals surface area contributed by atoms with Crippen LogP contribution in [0.1, 0.15) is 16.7 Å². The number of aryl methyl sites for hydroxylation is 1. The Morgan fingerprint density at radius 1 is 1.17 bits per heavy atom. The molecular weight excluding hydrogens is 318 g/mol. The van der Waals surface area contributed by atoms with Crippen molar-refractivity contribution in [2.75, 3.05) is 0 Å². The molecule has 0 aliphatic rings. The monoisotopic (exact) mass is 331 g/mol. The summed E-state index contributed by atoms with van der Waals surface area (Å²) in [4.78, 5) is -0.0460. The predicted octanol–water partition coefficient (Wildman–Crippen LogP) is 2.65. The Balaban J connectivity index is 2.07. The highest BCUT2D eigenvalue weighted by Crippen LogP contribution is 2.14. The van der Waals surface area contributed by atoms with Gasteiger partial charge in [-0.1, -0.05) is 34.7 Å². The minimum absolute atomic E-state index is 0.136. The van der Waals surface area contributed by atoms with Crippen molar-refractivity contribution < 1.29 is 17.6 Å². The molecule has 8 heteroatoms. The van der Waals surface area contributed by atoms with Gasteiger partial charge in [-0.3, -0.25) is 0 Å². The van der Waals surface area contributed by atoms with Crippen molar-refractivity contribution in [3.8, 4) is 6.07 Å². The molecule has 0 aliphatic heterocycles. The van der Waals surface area contributed by atoms with Gasteiger partial charge in [-0.25, -0.2) is 4.28 Å². The first-order chi connectivity index (χ1) is 10.9. The maximum Gasteiger partial charge on any atom is 0.363 e. The molecule has 0 N–H and O–H groups in total. The molecule has 23 heavy (non-hydrogen) atoms. The zero-order chi connectivity index (χ0) is 16.9. The van der Waals surface area contributed by atoms with Crippen molar-refractivity contribution in [1.82, 2.24) is 0 Å². The molecule has 2 aromatic carbocycles. The van der Waals surface area contributed by atoms with E-state index in [9.17, 15) is 13.6 Å². The summed E-state index contributed by atoms with van der Waals surface area (Å²) in [6, 6.07) is 14.1. The molecule has 0 atom stereocenters. The van der Waals surface area contributed by atoms with Crippen molar-refractivity contribution >= 4 is 10.1 Å². The number of rotatable bonds is 5. The SMILES string of the molecule is Cc1ccc(C/[N+]([O-])=N/OS(=O)(=O)c2ccc(C#N)cc2)cc1. The summed E-state index contributed by atoms with van der Waals surface area (Å²) in [7, 11) is -4.20. The molecule has 0 heterocycles. The Morgan fingerprint density at radius 2 is 1.78 bits per heavy atom. The van der Waals surface area contributed by atoms with Crippen LogP contribution in [0.3, 0.4) is 0 Å². The fourth-order valence-electron chi connectivity index (χ4n) is 1.70. The molecule has 7 nitrogen and oxygen atoms in total. The molecule has 0 saturated carbocycles. The fraction of sp³-hybridized carbons (Fsp3) is 0.133. The highest BCUT2D eigenvalue weighted by molar-refractivity contribution is 7.86. The van der Waals surface area contributed by atoms with E-state index in [1.807, 2.05) is 25.1 Å². The highest BCUT2D eigenvalue weighted by Gasteiger charge is 2.17. The van der Waals surface area contributed by atoms with E-state index in [2.05, 4.69) is 9.56 Å². The Labute approximate surface area is 133 Å². The van der Waals surface area contributed by atoms with Crippen LogP contribution in [0, 0.1) is 23.5 Å². The number of hydroxylamine groups is 1. The third-order valence-electron chi connectivity index (χ3n) is 2.93. The molecule has 0 spiro atoms. The molecule has 2 aromatic rings. The van der Waals surface area contributed by atoms with Crippen molar-refractivity contribution in [3.05, 3.63) is 70.4 Å². The first kappa shape index (κ1) is 16.5. The van der Waals surface area contributed by atoms with Gasteiger partial charge in [-0.2, -0.15) is 13.7 Å². The zero-order valence-corrected chi connectivity index (χ0v) is 13.0. The maximum absolute atomic E-state index is 11.9. The molecule has 0 aromatic heterocycles. The second-order valence-corrected chi connectivity index (χ2v) is 6.27. The Morgan fingerprint density at radius 3 is 2.35 bits per heavy atom. The van der Waals surface area contributed by atoms with E-state index < -0.39 is 10.1 Å². The minimum Gasteiger partial charge on any atom is -0.597 e. The normalized spacial score (nSPS) is 11.7. The first-order valence-corrected chi connectivity index (χ1v) is 7.96. The lowest BCUT2D eigenvalue weighted by Gasteiger charge is -2.02. The van der Waals surface area contributed by atoms with Crippen molar-refractivity contribution in [3.63, 3.8) is 0 Å². The van der Waals surface area contributed by atoms with E-state index in [1.54, 1.807) is 12.1 Å². The molecule has 0 amide bonds. The van der Waals surface area contributed by atoms with E-state index in [1.165, 1.54) is 24.3 Å². The minimum atomic E-state index is -4.20. The summed E-state index contributed by atoms with van der Waals surface area (Å²) in [6.45, 7) is 1.78. The van der Waals surface area contributed by atoms with Gasteiger partial charge in [0.05, 0.1) is 11.6 Å². The van der Waals surface area contributed by atoms with Gasteiger partial charge in [-0.05, 0) is 31.2 Å². The lowest BCUT2D eigenvalue weighted by Crippen LogP contribution is -2.07. The average molecular weight is 331 g/mol. The van der Waals surface area contributed by atoms with Crippen LogP contribution in [0.2, 0.25) is 0 Å². The Kier molecular flexibility index (Phi) is 4.93. The third-order valence-corrected chi connectivity index (χ3v) is 4.05. The van der Waals surface area contributed by atoms with Crippen LogP contribution >= 0.6 is 0 Å². The molecule has 118 valence electrons. The van der Waals surface area contributed by atoms with Gasteiger partial charge in [0.15, 0.2) is 0 Å². The Hall–Kier alpha value is -2.92. The first-order valence-electron chi connectivity index (χ1n) is 6.56. The van der Waals surface area contributed by atoms with E-state index in [0.717, 1.165) is 5.56 Å². The summed E-state index contributed by atoms with van der Waals surface area (Å²) >= 11 is 0. The molecule has 0 bridgehead atoms. The lowest BCUT2D eigenvalue weighted by molar-refractivity contribution is -0.567. The standard InChI is InChI=1S/C15H13N3O4S/c1-12-2-4-14(5-3-12)11-18(19)17-22-23(20,21)15-8-6-13(10-16)7-9-15/h2-9H,11H2,1H3/b18-17-. The largest absolute Gasteiger partial charge is 0.597 e. The third kappa shape index (κ3) is 4.52. The van der Waals surface area contributed by atoms with Gasteiger partial charge in [-0.15, -0.1) is 0 Å². The molecule has 0 fully saturated rings. The zero-order valence-electron chi connectivity index (χ0n) is 12.2. The topological polar surface area (TPSA) is 106 Å². The number of hydrogen-bond acceptors (Lipinski definition) is 6. The van der Waals surface area contributed by atoms with Crippen LogP contribution in [0.15, 0.2) is 58.7 Å². The predicted molar refractivity (Wildman–Crippen MR) is 80.4 cm³/mol. The van der Waals surface area contributed by atoms with Gasteiger partial charge in [0.25, 0.3) is 0 Å². The second kappa shape index (κ2) is 6.89. The Bertz CT molecular complexity index is 851. The van der Waals surface area contributed by atoms with Crippen molar-refractivity contribution in [2.24, 2.45) is 5.28 Å². The second-order valence-electron chi connectivity index (χ2n) is 4.74. The summed E-state index contributed by atoms with van der Waals surface area (Å²) in [6.07, 6.45) is 0. The number of nitrogens with zero attached hydrogens (tertiary/aromatic N) is 3. The lowest BCUT2D eigenvalue weighted by atomic mass is 10.1. The highest BCUT2D eigenvalue weighted by atomic mass is 32.2.